The van der Waals surface area contributed by atoms with E-state index in [4.69, 9.17) is 25.6 Å². The zero-order chi connectivity index (χ0) is 22.7. The molecule has 1 saturated carbocycles. The van der Waals surface area contributed by atoms with E-state index in [1.54, 1.807) is 12.1 Å². The molecule has 0 amide bonds. The van der Waals surface area contributed by atoms with Crippen molar-refractivity contribution in [2.75, 3.05) is 12.4 Å². The molecule has 0 spiro atoms. The van der Waals surface area contributed by atoms with Crippen LogP contribution in [0.5, 0.6) is 5.75 Å². The van der Waals surface area contributed by atoms with Crippen molar-refractivity contribution < 1.29 is 18.8 Å². The summed E-state index contributed by atoms with van der Waals surface area (Å²) in [4.78, 5) is 16.2. The summed E-state index contributed by atoms with van der Waals surface area (Å²) in [6.07, 6.45) is 2.61. The van der Waals surface area contributed by atoms with E-state index in [-0.39, 0.29) is 24.0 Å². The van der Waals surface area contributed by atoms with Crippen molar-refractivity contribution in [1.82, 2.24) is 10.1 Å². The summed E-state index contributed by atoms with van der Waals surface area (Å²) in [5.74, 6) is 1.36. The highest BCUT2D eigenvalue weighted by atomic mass is 35.5. The Kier molecular flexibility index (Phi) is 6.65. The quantitative estimate of drug-likeness (QED) is 0.464. The molecule has 0 saturated heterocycles. The van der Waals surface area contributed by atoms with Crippen LogP contribution in [0.3, 0.4) is 0 Å². The molecule has 2 atom stereocenters. The minimum absolute atomic E-state index is 0.0194. The molecular formula is C24H26ClN3O4. The van der Waals surface area contributed by atoms with E-state index in [1.165, 1.54) is 7.11 Å². The predicted molar refractivity (Wildman–Crippen MR) is 123 cm³/mol. The SMILES string of the molecule is COC(=O)C1CCC(Nc2ccc(-c3noc(-c4ccc(OC(C)C)c(Cl)c4)n3)cc2)C1. The Labute approximate surface area is 192 Å². The number of halogens is 1. The molecule has 7 nitrogen and oxygen atoms in total. The number of carbonyl (C=O) groups excluding carboxylic acids is 1. The van der Waals surface area contributed by atoms with Gasteiger partial charge in [0.25, 0.3) is 5.89 Å². The highest BCUT2D eigenvalue weighted by Gasteiger charge is 2.30. The van der Waals surface area contributed by atoms with Crippen LogP contribution in [0.4, 0.5) is 5.69 Å². The van der Waals surface area contributed by atoms with Gasteiger partial charge in [0.15, 0.2) is 0 Å². The van der Waals surface area contributed by atoms with Gasteiger partial charge in [0, 0.05) is 22.9 Å². The van der Waals surface area contributed by atoms with Crippen LogP contribution < -0.4 is 10.1 Å². The summed E-state index contributed by atoms with van der Waals surface area (Å²) >= 11 is 6.32. The topological polar surface area (TPSA) is 86.5 Å². The molecule has 1 N–H and O–H groups in total. The van der Waals surface area contributed by atoms with Crippen LogP contribution in [0.1, 0.15) is 33.1 Å². The maximum Gasteiger partial charge on any atom is 0.308 e. The largest absolute Gasteiger partial charge is 0.489 e. The fourth-order valence-corrected chi connectivity index (χ4v) is 4.11. The number of aromatic nitrogens is 2. The standard InChI is InChI=1S/C24H26ClN3O4/c1-14(2)31-21-11-7-16(13-20(21)25)23-27-22(28-32-23)15-4-8-18(9-5-15)26-19-10-6-17(12-19)24(29)30-3/h4-5,7-9,11,13-14,17,19,26H,6,10,12H2,1-3H3. The van der Waals surface area contributed by atoms with Gasteiger partial charge in [-0.2, -0.15) is 4.98 Å². The molecule has 1 aromatic heterocycles. The smallest absolute Gasteiger partial charge is 0.308 e. The van der Waals surface area contributed by atoms with Crippen molar-refractivity contribution in [3.05, 3.63) is 47.5 Å². The predicted octanol–water partition coefficient (Wildman–Crippen LogP) is 5.60. The van der Waals surface area contributed by atoms with Gasteiger partial charge in [-0.25, -0.2) is 0 Å². The van der Waals surface area contributed by atoms with Crippen LogP contribution in [0.25, 0.3) is 22.8 Å². The molecular weight excluding hydrogens is 430 g/mol. The van der Waals surface area contributed by atoms with Crippen molar-refractivity contribution in [1.29, 1.82) is 0 Å². The number of methoxy groups -OCH3 is 1. The zero-order valence-corrected chi connectivity index (χ0v) is 19.1. The first kappa shape index (κ1) is 22.1. The molecule has 168 valence electrons. The van der Waals surface area contributed by atoms with Gasteiger partial charge in [0.1, 0.15) is 5.75 Å². The number of nitrogens with zero attached hydrogens (tertiary/aromatic N) is 2. The van der Waals surface area contributed by atoms with Gasteiger partial charge in [-0.05, 0) is 75.6 Å². The van der Waals surface area contributed by atoms with Crippen LogP contribution in [0.15, 0.2) is 47.0 Å². The van der Waals surface area contributed by atoms with E-state index >= 15 is 0 Å². The Morgan fingerprint density at radius 1 is 1.16 bits per heavy atom. The first-order valence-corrected chi connectivity index (χ1v) is 11.1. The Bertz CT molecular complexity index is 1080. The number of anilines is 1. The van der Waals surface area contributed by atoms with E-state index in [1.807, 2.05) is 44.2 Å². The number of benzene rings is 2. The third-order valence-corrected chi connectivity index (χ3v) is 5.74. The number of rotatable bonds is 7. The van der Waals surface area contributed by atoms with Crippen LogP contribution in [0, 0.1) is 5.92 Å². The lowest BCUT2D eigenvalue weighted by Gasteiger charge is -2.14. The van der Waals surface area contributed by atoms with E-state index in [0.29, 0.717) is 22.5 Å². The second-order valence-electron chi connectivity index (χ2n) is 8.19. The molecule has 1 fully saturated rings. The first-order chi connectivity index (χ1) is 15.4. The lowest BCUT2D eigenvalue weighted by atomic mass is 10.1. The molecule has 2 aromatic carbocycles. The van der Waals surface area contributed by atoms with Crippen LogP contribution in [0.2, 0.25) is 5.02 Å². The maximum absolute atomic E-state index is 11.7. The summed E-state index contributed by atoms with van der Waals surface area (Å²) in [7, 11) is 1.44. The van der Waals surface area contributed by atoms with E-state index in [2.05, 4.69) is 15.5 Å². The molecule has 1 aliphatic carbocycles. The molecule has 3 aromatic rings. The molecule has 8 heteroatoms. The van der Waals surface area contributed by atoms with Gasteiger partial charge in [-0.15, -0.1) is 0 Å². The molecule has 0 aliphatic heterocycles. The molecule has 1 aliphatic rings. The van der Waals surface area contributed by atoms with Crippen LogP contribution in [-0.4, -0.2) is 35.4 Å². The maximum atomic E-state index is 11.7. The summed E-state index contributed by atoms with van der Waals surface area (Å²) in [5, 5.41) is 8.08. The fourth-order valence-electron chi connectivity index (χ4n) is 3.89. The number of ether oxygens (including phenoxy) is 2. The second kappa shape index (κ2) is 9.61. The van der Waals surface area contributed by atoms with Gasteiger partial charge in [0.2, 0.25) is 5.82 Å². The third-order valence-electron chi connectivity index (χ3n) is 5.45. The number of esters is 1. The van der Waals surface area contributed by atoms with E-state index in [9.17, 15) is 4.79 Å². The normalized spacial score (nSPS) is 18.0. The number of hydrogen-bond acceptors (Lipinski definition) is 7. The van der Waals surface area contributed by atoms with Crippen molar-refractivity contribution >= 4 is 23.3 Å². The van der Waals surface area contributed by atoms with Gasteiger partial charge in [-0.3, -0.25) is 4.79 Å². The Morgan fingerprint density at radius 2 is 1.91 bits per heavy atom. The van der Waals surface area contributed by atoms with E-state index < -0.39 is 0 Å². The van der Waals surface area contributed by atoms with Crippen molar-refractivity contribution in [2.45, 2.75) is 45.3 Å². The lowest BCUT2D eigenvalue weighted by molar-refractivity contribution is -0.145. The van der Waals surface area contributed by atoms with Gasteiger partial charge in [-0.1, -0.05) is 16.8 Å². The monoisotopic (exact) mass is 455 g/mol. The molecule has 4 rings (SSSR count). The molecule has 32 heavy (non-hydrogen) atoms. The van der Waals surface area contributed by atoms with E-state index in [0.717, 1.165) is 36.1 Å². The first-order valence-electron chi connectivity index (χ1n) is 10.7. The molecule has 0 bridgehead atoms. The second-order valence-corrected chi connectivity index (χ2v) is 8.59. The van der Waals surface area contributed by atoms with Crippen molar-refractivity contribution in [2.24, 2.45) is 5.92 Å². The molecule has 0 radical (unpaired) electrons. The average molecular weight is 456 g/mol. The summed E-state index contributed by atoms with van der Waals surface area (Å²) in [5.41, 5.74) is 2.56. The van der Waals surface area contributed by atoms with Crippen molar-refractivity contribution in [3.8, 4) is 28.6 Å². The van der Waals surface area contributed by atoms with Gasteiger partial charge in [0.05, 0.1) is 24.2 Å². The number of carbonyl (C=O) groups is 1. The summed E-state index contributed by atoms with van der Waals surface area (Å²) in [6, 6.07) is 13.5. The molecule has 1 heterocycles. The number of hydrogen-bond donors (Lipinski definition) is 1. The van der Waals surface area contributed by atoms with Crippen LogP contribution >= 0.6 is 11.6 Å². The Hall–Kier alpha value is -3.06. The minimum atomic E-state index is -0.124. The Balaban J connectivity index is 1.41. The third kappa shape index (κ3) is 5.05. The zero-order valence-electron chi connectivity index (χ0n) is 18.3. The van der Waals surface area contributed by atoms with Crippen LogP contribution in [-0.2, 0) is 9.53 Å². The lowest BCUT2D eigenvalue weighted by Crippen LogP contribution is -2.18. The minimum Gasteiger partial charge on any atom is -0.489 e. The Morgan fingerprint density at radius 3 is 2.59 bits per heavy atom. The van der Waals surface area contributed by atoms with Gasteiger partial charge < -0.3 is 19.3 Å². The van der Waals surface area contributed by atoms with Gasteiger partial charge >= 0.3 is 5.97 Å². The fraction of sp³-hybridized carbons (Fsp3) is 0.375. The van der Waals surface area contributed by atoms with Crippen molar-refractivity contribution in [3.63, 3.8) is 0 Å². The number of nitrogens with one attached hydrogen (secondary N) is 1. The average Bonchev–Trinajstić information content (AvgIpc) is 3.45. The summed E-state index contributed by atoms with van der Waals surface area (Å²) < 4.78 is 16.0. The highest BCUT2D eigenvalue weighted by Crippen LogP contribution is 2.32. The highest BCUT2D eigenvalue weighted by molar-refractivity contribution is 6.32. The summed E-state index contributed by atoms with van der Waals surface area (Å²) in [6.45, 7) is 3.89. The molecule has 2 unspecified atom stereocenters.